The molecule has 2 heterocycles. The molecule has 4 heteroatoms. The second-order valence-electron chi connectivity index (χ2n) is 14.5. The Morgan fingerprint density at radius 2 is 1.39 bits per heavy atom. The van der Waals surface area contributed by atoms with E-state index in [2.05, 4.69) is 101 Å². The minimum absolute atomic E-state index is 0. The molecule has 0 aliphatic carbocycles. The standard InChI is InChI=1S/C25H16N.C20H28NSi.Ir/c1-2-6-18(7-3-1)21-14-15-26-25(17-21)22-13-12-20-11-10-19-8-4-5-9-23(19)24(20)16-22;1-15(20(2,3)4)17-13-18(16-11-9-8-10-12-16)21-14-19(17)22(5,6)7;/h1-12,14-17H;8-11,13-15H,1-7H3;/q2*-1;/i10D,11D;;. The van der Waals surface area contributed by atoms with Gasteiger partial charge in [0.05, 0.1) is 10.8 Å². The van der Waals surface area contributed by atoms with Gasteiger partial charge in [-0.3, -0.25) is 0 Å². The van der Waals surface area contributed by atoms with Crippen LogP contribution >= 0.6 is 0 Å². The van der Waals surface area contributed by atoms with Gasteiger partial charge in [0.15, 0.2) is 0 Å². The summed E-state index contributed by atoms with van der Waals surface area (Å²) in [6.45, 7) is 16.5. The molecule has 0 bridgehead atoms. The van der Waals surface area contributed by atoms with Gasteiger partial charge in [-0.1, -0.05) is 142 Å². The molecule has 0 spiro atoms. The topological polar surface area (TPSA) is 25.8 Å². The largest absolute Gasteiger partial charge is 0.305 e. The fourth-order valence-corrected chi connectivity index (χ4v) is 7.54. The maximum Gasteiger partial charge on any atom is 0.0799 e. The van der Waals surface area contributed by atoms with Crippen LogP contribution in [-0.2, 0) is 20.1 Å². The van der Waals surface area contributed by atoms with Gasteiger partial charge in [-0.05, 0) is 55.9 Å². The molecule has 0 amide bonds. The molecule has 7 rings (SSSR count). The maximum atomic E-state index is 8.37. The zero-order valence-electron chi connectivity index (χ0n) is 31.4. The third-order valence-corrected chi connectivity index (χ3v) is 11.2. The Morgan fingerprint density at radius 1 is 0.694 bits per heavy atom. The molecule has 1 unspecified atom stereocenters. The molecule has 0 saturated heterocycles. The monoisotopic (exact) mass is 835 g/mol. The first-order valence-electron chi connectivity index (χ1n) is 17.7. The smallest absolute Gasteiger partial charge is 0.0799 e. The number of benzene rings is 5. The third kappa shape index (κ3) is 8.33. The number of pyridine rings is 2. The van der Waals surface area contributed by atoms with Gasteiger partial charge in [0.25, 0.3) is 0 Å². The van der Waals surface area contributed by atoms with Crippen LogP contribution in [0.2, 0.25) is 19.6 Å². The van der Waals surface area contributed by atoms with Crippen molar-refractivity contribution in [3.8, 4) is 33.6 Å². The van der Waals surface area contributed by atoms with Gasteiger partial charge in [0.1, 0.15) is 0 Å². The Morgan fingerprint density at radius 3 is 2.10 bits per heavy atom. The van der Waals surface area contributed by atoms with Crippen molar-refractivity contribution in [1.29, 1.82) is 0 Å². The van der Waals surface area contributed by atoms with Crippen LogP contribution in [-0.4, -0.2) is 18.0 Å². The van der Waals surface area contributed by atoms with Gasteiger partial charge in [-0.15, -0.1) is 59.7 Å². The second kappa shape index (κ2) is 15.1. The molecule has 249 valence electrons. The number of fused-ring (bicyclic) bond motifs is 3. The van der Waals surface area contributed by atoms with Crippen molar-refractivity contribution in [2.24, 2.45) is 5.41 Å². The molecule has 2 nitrogen and oxygen atoms in total. The average molecular weight is 835 g/mol. The van der Waals surface area contributed by atoms with E-state index in [1.807, 2.05) is 85.1 Å². The molecule has 0 fully saturated rings. The van der Waals surface area contributed by atoms with E-state index in [1.54, 1.807) is 0 Å². The van der Waals surface area contributed by atoms with Crippen molar-refractivity contribution in [1.82, 2.24) is 9.97 Å². The predicted octanol–water partition coefficient (Wildman–Crippen LogP) is 11.8. The number of nitrogens with zero attached hydrogens (tertiary/aromatic N) is 2. The first kappa shape index (κ1) is 33.3. The fraction of sp³-hybridized carbons (Fsp3) is 0.200. The number of rotatable bonds is 5. The van der Waals surface area contributed by atoms with Crippen LogP contribution in [0.4, 0.5) is 0 Å². The van der Waals surface area contributed by atoms with Gasteiger partial charge in [0.2, 0.25) is 0 Å². The van der Waals surface area contributed by atoms with Crippen molar-refractivity contribution in [2.45, 2.75) is 53.3 Å². The minimum Gasteiger partial charge on any atom is -0.305 e. The first-order valence-corrected chi connectivity index (χ1v) is 20.2. The number of hydrogen-bond donors (Lipinski definition) is 0. The summed E-state index contributed by atoms with van der Waals surface area (Å²) >= 11 is 0. The van der Waals surface area contributed by atoms with Crippen molar-refractivity contribution >= 4 is 34.8 Å². The molecule has 1 atom stereocenters. The van der Waals surface area contributed by atoms with Crippen LogP contribution in [0.1, 0.15) is 41.9 Å². The van der Waals surface area contributed by atoms with Crippen LogP contribution in [0, 0.1) is 17.5 Å². The zero-order valence-corrected chi connectivity index (χ0v) is 32.7. The van der Waals surface area contributed by atoms with E-state index in [-0.39, 0.29) is 37.6 Å². The second-order valence-corrected chi connectivity index (χ2v) is 19.6. The fourth-order valence-electron chi connectivity index (χ4n) is 5.94. The van der Waals surface area contributed by atoms with E-state index < -0.39 is 8.07 Å². The molecule has 7 aromatic rings. The summed E-state index contributed by atoms with van der Waals surface area (Å²) in [4.78, 5) is 9.29. The van der Waals surface area contributed by atoms with Crippen molar-refractivity contribution < 1.29 is 22.8 Å². The summed E-state index contributed by atoms with van der Waals surface area (Å²) in [6, 6.07) is 43.4. The molecule has 0 N–H and O–H groups in total. The van der Waals surface area contributed by atoms with Gasteiger partial charge < -0.3 is 9.97 Å². The molecule has 0 aliphatic heterocycles. The van der Waals surface area contributed by atoms with E-state index in [1.165, 1.54) is 10.8 Å². The van der Waals surface area contributed by atoms with Gasteiger partial charge in [-0.2, -0.15) is 0 Å². The van der Waals surface area contributed by atoms with Crippen molar-refractivity contribution in [3.05, 3.63) is 151 Å². The van der Waals surface area contributed by atoms with E-state index in [9.17, 15) is 0 Å². The van der Waals surface area contributed by atoms with Crippen LogP contribution in [0.5, 0.6) is 0 Å². The van der Waals surface area contributed by atoms with Crippen LogP contribution in [0.3, 0.4) is 0 Å². The summed E-state index contributed by atoms with van der Waals surface area (Å²) < 4.78 is 16.7. The Kier molecular flexibility index (Phi) is 10.3. The summed E-state index contributed by atoms with van der Waals surface area (Å²) in [5, 5.41) is 4.95. The molecule has 2 aromatic heterocycles. The van der Waals surface area contributed by atoms with Crippen LogP contribution in [0.15, 0.2) is 134 Å². The molecule has 5 aromatic carbocycles. The SMILES string of the molecule is CC(c1cc(-c2[c-]cccc2)ncc1[Si](C)(C)C)C(C)(C)C.[2H]c1c([2H])c2c[c-]c(-c3cc(-c4ccccc4)ccn3)cc2c2ccccc12.[Ir]. The Hall–Kier alpha value is -4.21. The third-order valence-electron chi connectivity index (χ3n) is 9.14. The summed E-state index contributed by atoms with van der Waals surface area (Å²) in [5.41, 5.74) is 7.79. The van der Waals surface area contributed by atoms with E-state index >= 15 is 0 Å². The molecule has 1 radical (unpaired) electrons. The Labute approximate surface area is 309 Å². The molecular formula is C45H44IrN2Si-2. The summed E-state index contributed by atoms with van der Waals surface area (Å²) in [5.74, 6) is 0.500. The van der Waals surface area contributed by atoms with Crippen LogP contribution in [0.25, 0.3) is 55.2 Å². The van der Waals surface area contributed by atoms with Crippen molar-refractivity contribution in [2.75, 3.05) is 0 Å². The first-order chi connectivity index (χ1) is 23.8. The van der Waals surface area contributed by atoms with Gasteiger partial charge >= 0.3 is 0 Å². The Bertz CT molecular complexity index is 2280. The molecule has 0 aliphatic rings. The zero-order chi connectivity index (χ0) is 35.6. The van der Waals surface area contributed by atoms with Gasteiger partial charge in [0, 0.05) is 32.5 Å². The quantitative estimate of drug-likeness (QED) is 0.0981. The molecular weight excluding hydrogens is 789 g/mol. The van der Waals surface area contributed by atoms with Crippen LogP contribution < -0.4 is 5.19 Å². The maximum absolute atomic E-state index is 8.37. The van der Waals surface area contributed by atoms with Gasteiger partial charge in [-0.25, -0.2) is 0 Å². The van der Waals surface area contributed by atoms with Crippen molar-refractivity contribution in [3.63, 3.8) is 0 Å². The van der Waals surface area contributed by atoms with E-state index in [0.717, 1.165) is 55.2 Å². The predicted molar refractivity (Wildman–Crippen MR) is 208 cm³/mol. The Balaban J connectivity index is 0.000000200. The summed E-state index contributed by atoms with van der Waals surface area (Å²) in [6.07, 6.45) is 3.94. The number of aromatic nitrogens is 2. The number of hydrogen-bond acceptors (Lipinski definition) is 2. The molecule has 49 heavy (non-hydrogen) atoms. The summed E-state index contributed by atoms with van der Waals surface area (Å²) in [7, 11) is -1.42. The van der Waals surface area contributed by atoms with E-state index in [4.69, 9.17) is 7.73 Å². The molecule has 0 saturated carbocycles. The van der Waals surface area contributed by atoms with E-state index in [0.29, 0.717) is 5.92 Å². The minimum atomic E-state index is -1.42. The average Bonchev–Trinajstić information content (AvgIpc) is 3.13. The normalized spacial score (nSPS) is 12.7.